The van der Waals surface area contributed by atoms with E-state index in [2.05, 4.69) is 19.2 Å². The summed E-state index contributed by atoms with van der Waals surface area (Å²) < 4.78 is 5.42. The van der Waals surface area contributed by atoms with E-state index in [1.54, 1.807) is 0 Å². The Bertz CT molecular complexity index is 183. The first-order valence-electron chi connectivity index (χ1n) is 5.30. The SMILES string of the molecule is CC(C)COCCN1CCCNC1=O. The second-order valence-electron chi connectivity index (χ2n) is 4.04. The van der Waals surface area contributed by atoms with Crippen molar-refractivity contribution in [3.8, 4) is 0 Å². The number of hydrogen-bond acceptors (Lipinski definition) is 2. The molecular formula is C10H20N2O2. The van der Waals surface area contributed by atoms with Crippen molar-refractivity contribution < 1.29 is 9.53 Å². The van der Waals surface area contributed by atoms with Gasteiger partial charge < -0.3 is 15.0 Å². The minimum atomic E-state index is 0.0457. The zero-order chi connectivity index (χ0) is 10.4. The quantitative estimate of drug-likeness (QED) is 0.675. The van der Waals surface area contributed by atoms with Crippen LogP contribution in [0.4, 0.5) is 4.79 Å². The fourth-order valence-electron chi connectivity index (χ4n) is 1.39. The van der Waals surface area contributed by atoms with Crippen LogP contribution in [0.2, 0.25) is 0 Å². The summed E-state index contributed by atoms with van der Waals surface area (Å²) in [6.07, 6.45) is 1.04. The number of ether oxygens (including phenoxy) is 1. The Morgan fingerprint density at radius 1 is 1.57 bits per heavy atom. The van der Waals surface area contributed by atoms with Gasteiger partial charge in [0.1, 0.15) is 0 Å². The lowest BCUT2D eigenvalue weighted by Crippen LogP contribution is -2.47. The van der Waals surface area contributed by atoms with E-state index in [1.807, 2.05) is 4.90 Å². The molecule has 0 radical (unpaired) electrons. The molecule has 82 valence electrons. The van der Waals surface area contributed by atoms with Crippen molar-refractivity contribution in [1.29, 1.82) is 0 Å². The molecule has 1 rings (SSSR count). The highest BCUT2D eigenvalue weighted by Crippen LogP contribution is 1.99. The van der Waals surface area contributed by atoms with Gasteiger partial charge in [0, 0.05) is 26.2 Å². The first kappa shape index (κ1) is 11.3. The van der Waals surface area contributed by atoms with Crippen molar-refractivity contribution in [1.82, 2.24) is 10.2 Å². The second-order valence-corrected chi connectivity index (χ2v) is 4.04. The lowest BCUT2D eigenvalue weighted by Gasteiger charge is -2.27. The van der Waals surface area contributed by atoms with Crippen molar-refractivity contribution in [2.75, 3.05) is 32.8 Å². The highest BCUT2D eigenvalue weighted by molar-refractivity contribution is 5.74. The third kappa shape index (κ3) is 3.96. The third-order valence-corrected chi connectivity index (χ3v) is 2.12. The average Bonchev–Trinajstić information content (AvgIpc) is 2.15. The predicted molar refractivity (Wildman–Crippen MR) is 55.2 cm³/mol. The largest absolute Gasteiger partial charge is 0.379 e. The smallest absolute Gasteiger partial charge is 0.317 e. The summed E-state index contributed by atoms with van der Waals surface area (Å²) in [4.78, 5) is 13.1. The van der Waals surface area contributed by atoms with Gasteiger partial charge in [-0.2, -0.15) is 0 Å². The fourth-order valence-corrected chi connectivity index (χ4v) is 1.39. The third-order valence-electron chi connectivity index (χ3n) is 2.12. The monoisotopic (exact) mass is 200 g/mol. The number of nitrogens with one attached hydrogen (secondary N) is 1. The molecule has 4 nitrogen and oxygen atoms in total. The Labute approximate surface area is 85.6 Å². The first-order valence-corrected chi connectivity index (χ1v) is 5.30. The Morgan fingerprint density at radius 3 is 3.00 bits per heavy atom. The normalized spacial score (nSPS) is 17.4. The molecule has 0 bridgehead atoms. The lowest BCUT2D eigenvalue weighted by atomic mass is 10.2. The molecular weight excluding hydrogens is 180 g/mol. The van der Waals surface area contributed by atoms with Crippen LogP contribution in [0.25, 0.3) is 0 Å². The topological polar surface area (TPSA) is 41.6 Å². The van der Waals surface area contributed by atoms with Crippen molar-refractivity contribution in [2.24, 2.45) is 5.92 Å². The first-order chi connectivity index (χ1) is 6.70. The molecule has 0 atom stereocenters. The van der Waals surface area contributed by atoms with Crippen LogP contribution in [-0.4, -0.2) is 43.8 Å². The highest BCUT2D eigenvalue weighted by Gasteiger charge is 2.16. The van der Waals surface area contributed by atoms with E-state index in [1.165, 1.54) is 0 Å². The fraction of sp³-hybridized carbons (Fsp3) is 0.900. The minimum absolute atomic E-state index is 0.0457. The summed E-state index contributed by atoms with van der Waals surface area (Å²) in [5.74, 6) is 0.560. The zero-order valence-corrected chi connectivity index (χ0v) is 9.08. The van der Waals surface area contributed by atoms with Crippen LogP contribution in [0.5, 0.6) is 0 Å². The molecule has 1 N–H and O–H groups in total. The summed E-state index contributed by atoms with van der Waals surface area (Å²) in [6, 6.07) is 0.0457. The number of carbonyl (C=O) groups is 1. The number of nitrogens with zero attached hydrogens (tertiary/aromatic N) is 1. The maximum Gasteiger partial charge on any atom is 0.317 e. The predicted octanol–water partition coefficient (Wildman–Crippen LogP) is 1.07. The van der Waals surface area contributed by atoms with Crippen LogP contribution in [0, 0.1) is 5.92 Å². The van der Waals surface area contributed by atoms with Crippen LogP contribution >= 0.6 is 0 Å². The van der Waals surface area contributed by atoms with Gasteiger partial charge in [-0.3, -0.25) is 0 Å². The molecule has 2 amide bonds. The van der Waals surface area contributed by atoms with Crippen LogP contribution in [0.1, 0.15) is 20.3 Å². The summed E-state index contributed by atoms with van der Waals surface area (Å²) in [5.41, 5.74) is 0. The van der Waals surface area contributed by atoms with Gasteiger partial charge >= 0.3 is 6.03 Å². The molecule has 0 saturated carbocycles. The maximum absolute atomic E-state index is 11.3. The number of hydrogen-bond donors (Lipinski definition) is 1. The second kappa shape index (κ2) is 5.86. The van der Waals surface area contributed by atoms with Crippen LogP contribution < -0.4 is 5.32 Å². The number of rotatable bonds is 5. The van der Waals surface area contributed by atoms with Crippen molar-refractivity contribution in [3.63, 3.8) is 0 Å². The molecule has 1 saturated heterocycles. The molecule has 0 aliphatic carbocycles. The Kier molecular flexibility index (Phi) is 4.73. The number of urea groups is 1. The minimum Gasteiger partial charge on any atom is -0.379 e. The molecule has 1 aliphatic heterocycles. The van der Waals surface area contributed by atoms with Gasteiger partial charge in [-0.15, -0.1) is 0 Å². The summed E-state index contributed by atoms with van der Waals surface area (Å²) in [7, 11) is 0. The van der Waals surface area contributed by atoms with Gasteiger partial charge in [-0.25, -0.2) is 4.79 Å². The van der Waals surface area contributed by atoms with E-state index in [0.717, 1.165) is 26.1 Å². The van der Waals surface area contributed by atoms with E-state index in [0.29, 0.717) is 19.1 Å². The lowest BCUT2D eigenvalue weighted by molar-refractivity contribution is 0.0884. The molecule has 14 heavy (non-hydrogen) atoms. The zero-order valence-electron chi connectivity index (χ0n) is 9.08. The Balaban J connectivity index is 2.07. The van der Waals surface area contributed by atoms with E-state index < -0.39 is 0 Å². The maximum atomic E-state index is 11.3. The van der Waals surface area contributed by atoms with Gasteiger partial charge in [-0.05, 0) is 12.3 Å². The average molecular weight is 200 g/mol. The van der Waals surface area contributed by atoms with Gasteiger partial charge in [0.05, 0.1) is 6.61 Å². The molecule has 0 spiro atoms. The molecule has 1 fully saturated rings. The van der Waals surface area contributed by atoms with Gasteiger partial charge in [0.2, 0.25) is 0 Å². The number of amides is 2. The van der Waals surface area contributed by atoms with Crippen LogP contribution in [0.15, 0.2) is 0 Å². The summed E-state index contributed by atoms with van der Waals surface area (Å²) in [6.45, 7) is 8.03. The van der Waals surface area contributed by atoms with Crippen molar-refractivity contribution in [2.45, 2.75) is 20.3 Å². The molecule has 1 heterocycles. The molecule has 1 aliphatic rings. The molecule has 0 aromatic heterocycles. The highest BCUT2D eigenvalue weighted by atomic mass is 16.5. The summed E-state index contributed by atoms with van der Waals surface area (Å²) in [5, 5.41) is 2.81. The van der Waals surface area contributed by atoms with Crippen LogP contribution in [-0.2, 0) is 4.74 Å². The number of carbonyl (C=O) groups excluding carboxylic acids is 1. The van der Waals surface area contributed by atoms with Gasteiger partial charge in [0.25, 0.3) is 0 Å². The molecule has 0 unspecified atom stereocenters. The van der Waals surface area contributed by atoms with E-state index >= 15 is 0 Å². The van der Waals surface area contributed by atoms with Crippen LogP contribution in [0.3, 0.4) is 0 Å². The van der Waals surface area contributed by atoms with E-state index in [9.17, 15) is 4.79 Å². The van der Waals surface area contributed by atoms with Crippen molar-refractivity contribution >= 4 is 6.03 Å². The molecule has 4 heteroatoms. The Hall–Kier alpha value is -0.770. The Morgan fingerprint density at radius 2 is 2.36 bits per heavy atom. The summed E-state index contributed by atoms with van der Waals surface area (Å²) >= 11 is 0. The van der Waals surface area contributed by atoms with Gasteiger partial charge in [0.15, 0.2) is 0 Å². The molecule has 0 aromatic carbocycles. The standard InChI is InChI=1S/C10H20N2O2/c1-9(2)8-14-7-6-12-5-3-4-11-10(12)13/h9H,3-8H2,1-2H3,(H,11,13). The van der Waals surface area contributed by atoms with Crippen molar-refractivity contribution in [3.05, 3.63) is 0 Å². The van der Waals surface area contributed by atoms with E-state index in [-0.39, 0.29) is 6.03 Å². The molecule has 0 aromatic rings. The van der Waals surface area contributed by atoms with Gasteiger partial charge in [-0.1, -0.05) is 13.8 Å². The van der Waals surface area contributed by atoms with E-state index in [4.69, 9.17) is 4.74 Å².